The lowest BCUT2D eigenvalue weighted by Crippen LogP contribution is -2.27. The first-order chi connectivity index (χ1) is 21.4. The smallest absolute Gasteiger partial charge is 0.251 e. The average molecular weight is 585 g/mol. The molecule has 1 aliphatic rings. The molecule has 3 heterocycles. The zero-order chi connectivity index (χ0) is 30.4. The van der Waals surface area contributed by atoms with Crippen LogP contribution in [0.4, 0.5) is 10.2 Å². The van der Waals surface area contributed by atoms with Gasteiger partial charge in [0.25, 0.3) is 5.91 Å². The number of aromatic hydroxyl groups is 1. The van der Waals surface area contributed by atoms with Gasteiger partial charge in [-0.2, -0.15) is 0 Å². The predicted octanol–water partition coefficient (Wildman–Crippen LogP) is 5.81. The van der Waals surface area contributed by atoms with Crippen LogP contribution in [0.5, 0.6) is 5.75 Å². The summed E-state index contributed by atoms with van der Waals surface area (Å²) >= 11 is 0. The van der Waals surface area contributed by atoms with Gasteiger partial charge in [0.05, 0.1) is 22.9 Å². The molecule has 6 aromatic rings. The number of amides is 1. The molecule has 0 saturated carbocycles. The second-order valence-electron chi connectivity index (χ2n) is 10.6. The molecule has 0 aliphatic heterocycles. The van der Waals surface area contributed by atoms with Crippen molar-refractivity contribution in [3.63, 3.8) is 0 Å². The van der Waals surface area contributed by atoms with Crippen LogP contribution in [-0.2, 0) is 6.42 Å². The number of imidazole rings is 1. The molecule has 0 saturated heterocycles. The highest BCUT2D eigenvalue weighted by molar-refractivity contribution is 5.96. The van der Waals surface area contributed by atoms with Gasteiger partial charge >= 0.3 is 0 Å². The number of phenols is 1. The van der Waals surface area contributed by atoms with Crippen molar-refractivity contribution in [3.05, 3.63) is 119 Å². The van der Waals surface area contributed by atoms with E-state index in [0.717, 1.165) is 23.2 Å². The molecule has 3 aromatic heterocycles. The molecule has 9 nitrogen and oxygen atoms in total. The summed E-state index contributed by atoms with van der Waals surface area (Å²) in [6, 6.07) is 23.5. The van der Waals surface area contributed by atoms with Crippen LogP contribution in [0.3, 0.4) is 0 Å². The second-order valence-corrected chi connectivity index (χ2v) is 10.6. The van der Waals surface area contributed by atoms with Crippen LogP contribution < -0.4 is 11.1 Å². The van der Waals surface area contributed by atoms with E-state index in [4.69, 9.17) is 15.7 Å². The van der Waals surface area contributed by atoms with Crippen LogP contribution in [-0.4, -0.2) is 36.8 Å². The van der Waals surface area contributed by atoms with E-state index in [2.05, 4.69) is 16.4 Å². The van der Waals surface area contributed by atoms with Gasteiger partial charge in [-0.15, -0.1) is 0 Å². The third-order valence-corrected chi connectivity index (χ3v) is 7.89. The molecule has 0 unspecified atom stereocenters. The summed E-state index contributed by atoms with van der Waals surface area (Å²) in [5.41, 5.74) is 12.6. The molecule has 3 aromatic carbocycles. The normalized spacial score (nSPS) is 14.0. The minimum Gasteiger partial charge on any atom is -0.507 e. The number of hydrogen-bond donors (Lipinski definition) is 3. The predicted molar refractivity (Wildman–Crippen MR) is 164 cm³/mol. The molecule has 0 bridgehead atoms. The Balaban J connectivity index is 1.30. The number of benzene rings is 3. The number of aromatic nitrogens is 4. The van der Waals surface area contributed by atoms with E-state index in [1.54, 1.807) is 24.4 Å². The largest absolute Gasteiger partial charge is 0.507 e. The summed E-state index contributed by atoms with van der Waals surface area (Å²) in [5, 5.41) is 12.9. The number of nitrogens with one attached hydrogen (secondary N) is 1. The Bertz CT molecular complexity index is 2110. The molecule has 7 rings (SSSR count). The molecular weight excluding hydrogens is 559 g/mol. The van der Waals surface area contributed by atoms with Crippen molar-refractivity contribution >= 4 is 29.2 Å². The Morgan fingerprint density at radius 1 is 1.02 bits per heavy atom. The Labute approximate surface area is 250 Å². The van der Waals surface area contributed by atoms with E-state index < -0.39 is 0 Å². The van der Waals surface area contributed by atoms with Gasteiger partial charge in [0.15, 0.2) is 17.8 Å². The summed E-state index contributed by atoms with van der Waals surface area (Å²) in [5.74, 6) is 0.0313. The molecule has 1 atom stereocenters. The van der Waals surface area contributed by atoms with Gasteiger partial charge in [-0.05, 0) is 90.7 Å². The number of nitrogens with two attached hydrogens (primary N) is 1. The second kappa shape index (κ2) is 10.7. The molecule has 0 fully saturated rings. The molecule has 216 valence electrons. The first-order valence-electron chi connectivity index (χ1n) is 14.0. The number of hydrogen-bond acceptors (Lipinski definition) is 7. The van der Waals surface area contributed by atoms with Gasteiger partial charge in [-0.1, -0.05) is 18.2 Å². The van der Waals surface area contributed by atoms with Crippen LogP contribution in [0.1, 0.15) is 44.3 Å². The van der Waals surface area contributed by atoms with Gasteiger partial charge in [0.1, 0.15) is 22.9 Å². The first-order valence-corrected chi connectivity index (χ1v) is 14.0. The third-order valence-electron chi connectivity index (χ3n) is 7.89. The Hall–Kier alpha value is -5.90. The number of anilines is 1. The van der Waals surface area contributed by atoms with Gasteiger partial charge in [-0.3, -0.25) is 14.2 Å². The van der Waals surface area contributed by atoms with Crippen molar-refractivity contribution in [2.75, 3.05) is 5.73 Å². The lowest BCUT2D eigenvalue weighted by atomic mass is 10.1. The van der Waals surface area contributed by atoms with E-state index >= 15 is 0 Å². The summed E-state index contributed by atoms with van der Waals surface area (Å²) in [6.07, 6.45) is 3.55. The first kappa shape index (κ1) is 27.0. The minimum atomic E-state index is -0.350. The molecule has 0 spiro atoms. The number of carbonyl (C=O) groups is 2. The highest BCUT2D eigenvalue weighted by Crippen LogP contribution is 2.36. The number of fused-ring (bicyclic) bond motifs is 2. The molecule has 10 heteroatoms. The average Bonchev–Trinajstić information content (AvgIpc) is 3.61. The molecule has 1 amide bonds. The fourth-order valence-corrected chi connectivity index (χ4v) is 5.72. The summed E-state index contributed by atoms with van der Waals surface area (Å²) in [7, 11) is 0. The fourth-order valence-electron chi connectivity index (χ4n) is 5.72. The Morgan fingerprint density at radius 3 is 2.73 bits per heavy atom. The Kier molecular flexibility index (Phi) is 6.58. The lowest BCUT2D eigenvalue weighted by molar-refractivity contribution is 0.0936. The van der Waals surface area contributed by atoms with Crippen LogP contribution in [0.2, 0.25) is 0 Å². The SMILES string of the molecule is Nc1ncccc1-c1nc2ccc(-c3cccc(F)c3)nc2n1-c1ccc2c(c1)CC[C@@H]2NC(=O)c1ccc(O)c(C=O)c1. The summed E-state index contributed by atoms with van der Waals surface area (Å²) in [4.78, 5) is 38.3. The molecule has 44 heavy (non-hydrogen) atoms. The number of aldehydes is 1. The molecule has 0 radical (unpaired) electrons. The van der Waals surface area contributed by atoms with Gasteiger partial charge < -0.3 is 16.2 Å². The van der Waals surface area contributed by atoms with Gasteiger partial charge in [0.2, 0.25) is 0 Å². The van der Waals surface area contributed by atoms with E-state index in [1.165, 1.54) is 30.3 Å². The maximum atomic E-state index is 14.0. The van der Waals surface area contributed by atoms with E-state index in [9.17, 15) is 19.1 Å². The zero-order valence-corrected chi connectivity index (χ0v) is 23.2. The van der Waals surface area contributed by atoms with E-state index in [0.29, 0.717) is 57.9 Å². The quantitative estimate of drug-likeness (QED) is 0.210. The topological polar surface area (TPSA) is 136 Å². The van der Waals surface area contributed by atoms with E-state index in [1.807, 2.05) is 34.9 Å². The minimum absolute atomic E-state index is 0.0564. The molecular formula is C34H25FN6O3. The number of rotatable bonds is 6. The van der Waals surface area contributed by atoms with Gasteiger partial charge in [-0.25, -0.2) is 19.3 Å². The van der Waals surface area contributed by atoms with Crippen molar-refractivity contribution in [1.29, 1.82) is 0 Å². The number of halogens is 1. The van der Waals surface area contributed by atoms with Crippen molar-refractivity contribution in [1.82, 2.24) is 24.8 Å². The van der Waals surface area contributed by atoms with Crippen molar-refractivity contribution in [2.45, 2.75) is 18.9 Å². The highest BCUT2D eigenvalue weighted by Gasteiger charge is 2.26. The van der Waals surface area contributed by atoms with Crippen molar-refractivity contribution < 1.29 is 19.1 Å². The lowest BCUT2D eigenvalue weighted by Gasteiger charge is -2.16. The molecule has 1 aliphatic carbocycles. The monoisotopic (exact) mass is 584 g/mol. The summed E-state index contributed by atoms with van der Waals surface area (Å²) in [6.45, 7) is 0. The third kappa shape index (κ3) is 4.72. The number of phenolic OH excluding ortho intramolecular Hbond substituents is 1. The van der Waals surface area contributed by atoms with E-state index in [-0.39, 0.29) is 29.1 Å². The number of pyridine rings is 2. The number of nitrogens with zero attached hydrogens (tertiary/aromatic N) is 4. The maximum absolute atomic E-state index is 14.0. The highest BCUT2D eigenvalue weighted by atomic mass is 19.1. The van der Waals surface area contributed by atoms with Crippen LogP contribution in [0.25, 0.3) is 39.5 Å². The maximum Gasteiger partial charge on any atom is 0.251 e. The van der Waals surface area contributed by atoms with Crippen LogP contribution >= 0.6 is 0 Å². The zero-order valence-electron chi connectivity index (χ0n) is 23.2. The number of nitrogen functional groups attached to an aromatic ring is 1. The van der Waals surface area contributed by atoms with Crippen molar-refractivity contribution in [3.8, 4) is 34.1 Å². The fraction of sp³-hybridized carbons (Fsp3) is 0.0882. The summed E-state index contributed by atoms with van der Waals surface area (Å²) < 4.78 is 16.0. The van der Waals surface area contributed by atoms with Gasteiger partial charge in [0, 0.05) is 23.0 Å². The van der Waals surface area contributed by atoms with Crippen LogP contribution in [0, 0.1) is 5.82 Å². The molecule has 4 N–H and O–H groups in total. The Morgan fingerprint density at radius 2 is 1.91 bits per heavy atom. The van der Waals surface area contributed by atoms with Crippen molar-refractivity contribution in [2.24, 2.45) is 0 Å². The number of aryl methyl sites for hydroxylation is 1. The standard InChI is InChI=1S/C34H25FN6O3/c35-23-4-1-3-20(16-23)27-11-12-29-33(38-27)41(32(39-29)26-5-2-14-37-31(26)36)24-8-9-25-19(17-24)6-10-28(25)40-34(44)21-7-13-30(43)22(15-21)18-42/h1-5,7-9,11-18,28,43H,6,10H2,(H2,36,37)(H,40,44)/t28-/m0/s1. The van der Waals surface area contributed by atoms with Crippen LogP contribution in [0.15, 0.2) is 91.1 Å². The number of carbonyl (C=O) groups excluding carboxylic acids is 2.